The number of benzene rings is 1. The molecule has 0 amide bonds. The lowest BCUT2D eigenvalue weighted by atomic mass is 9.96. The normalized spacial score (nSPS) is 11.9. The summed E-state index contributed by atoms with van der Waals surface area (Å²) in [5.74, 6) is 1.07. The fourth-order valence-corrected chi connectivity index (χ4v) is 2.73. The van der Waals surface area contributed by atoms with Gasteiger partial charge in [-0.15, -0.1) is 0 Å². The van der Waals surface area contributed by atoms with Crippen LogP contribution in [0.15, 0.2) is 30.5 Å². The van der Waals surface area contributed by atoms with Crippen LogP contribution in [0.1, 0.15) is 33.3 Å². The van der Waals surface area contributed by atoms with Gasteiger partial charge in [0.15, 0.2) is 0 Å². The number of anilines is 1. The van der Waals surface area contributed by atoms with Crippen molar-refractivity contribution in [3.05, 3.63) is 36.0 Å². The first-order valence-electron chi connectivity index (χ1n) is 7.71. The summed E-state index contributed by atoms with van der Waals surface area (Å²) in [6.45, 7) is 11.7. The van der Waals surface area contributed by atoms with E-state index in [0.717, 1.165) is 25.5 Å². The zero-order valence-corrected chi connectivity index (χ0v) is 13.9. The topological polar surface area (TPSA) is 28.2 Å². The maximum Gasteiger partial charge on any atom is 0.136 e. The number of aromatic nitrogens is 1. The molecule has 0 fully saturated rings. The Morgan fingerprint density at radius 1 is 1.14 bits per heavy atom. The van der Waals surface area contributed by atoms with E-state index in [2.05, 4.69) is 69.2 Å². The number of hydrogen-bond acceptors (Lipinski definition) is 3. The summed E-state index contributed by atoms with van der Waals surface area (Å²) in [7, 11) is 2.13. The van der Waals surface area contributed by atoms with Crippen LogP contribution in [0.25, 0.3) is 10.8 Å². The Labute approximate surface area is 128 Å². The van der Waals surface area contributed by atoms with Gasteiger partial charge in [0.05, 0.1) is 0 Å². The summed E-state index contributed by atoms with van der Waals surface area (Å²) in [6.07, 6.45) is 2.01. The van der Waals surface area contributed by atoms with E-state index < -0.39 is 0 Å². The van der Waals surface area contributed by atoms with Crippen molar-refractivity contribution in [1.82, 2.24) is 10.3 Å². The molecule has 2 aromatic rings. The molecule has 1 aromatic heterocycles. The third-order valence-electron chi connectivity index (χ3n) is 3.50. The van der Waals surface area contributed by atoms with Crippen molar-refractivity contribution in [2.45, 2.75) is 34.2 Å². The maximum absolute atomic E-state index is 4.73. The van der Waals surface area contributed by atoms with Crippen molar-refractivity contribution in [3.63, 3.8) is 0 Å². The molecule has 3 nitrogen and oxygen atoms in total. The van der Waals surface area contributed by atoms with Crippen LogP contribution in [0.5, 0.6) is 0 Å². The smallest absolute Gasteiger partial charge is 0.136 e. The molecule has 0 unspecified atom stereocenters. The molecular formula is C18H27N3. The maximum atomic E-state index is 4.73. The van der Waals surface area contributed by atoms with Crippen molar-refractivity contribution in [2.75, 3.05) is 25.0 Å². The molecule has 0 aliphatic carbocycles. The number of hydrogen-bond donors (Lipinski definition) is 1. The van der Waals surface area contributed by atoms with Crippen LogP contribution >= 0.6 is 0 Å². The highest BCUT2D eigenvalue weighted by Gasteiger charge is 2.17. The van der Waals surface area contributed by atoms with Gasteiger partial charge in [-0.2, -0.15) is 0 Å². The van der Waals surface area contributed by atoms with Crippen LogP contribution < -0.4 is 10.2 Å². The zero-order valence-electron chi connectivity index (χ0n) is 13.9. The van der Waals surface area contributed by atoms with Gasteiger partial charge >= 0.3 is 0 Å². The summed E-state index contributed by atoms with van der Waals surface area (Å²) in [5, 5.41) is 5.92. The molecule has 1 heterocycles. The highest BCUT2D eigenvalue weighted by atomic mass is 15.2. The fraction of sp³-hybridized carbons (Fsp3) is 0.500. The largest absolute Gasteiger partial charge is 0.359 e. The van der Waals surface area contributed by atoms with E-state index in [1.165, 1.54) is 16.3 Å². The molecule has 0 saturated heterocycles. The predicted octanol–water partition coefficient (Wildman–Crippen LogP) is 3.83. The summed E-state index contributed by atoms with van der Waals surface area (Å²) >= 11 is 0. The third kappa shape index (κ3) is 3.94. The molecule has 1 aromatic carbocycles. The van der Waals surface area contributed by atoms with E-state index in [1.54, 1.807) is 0 Å². The highest BCUT2D eigenvalue weighted by molar-refractivity contribution is 5.94. The molecule has 114 valence electrons. The predicted molar refractivity (Wildman–Crippen MR) is 91.8 cm³/mol. The summed E-state index contributed by atoms with van der Waals surface area (Å²) < 4.78 is 0. The van der Waals surface area contributed by atoms with Crippen LogP contribution in [0.2, 0.25) is 0 Å². The Bertz CT molecular complexity index is 599. The third-order valence-corrected chi connectivity index (χ3v) is 3.50. The van der Waals surface area contributed by atoms with Crippen molar-refractivity contribution >= 4 is 16.6 Å². The van der Waals surface area contributed by atoms with Gasteiger partial charge in [-0.1, -0.05) is 52.0 Å². The first kappa shape index (κ1) is 15.8. The second-order valence-corrected chi connectivity index (χ2v) is 6.85. The van der Waals surface area contributed by atoms with Gasteiger partial charge < -0.3 is 10.2 Å². The molecule has 0 aliphatic rings. The molecule has 0 saturated carbocycles. The molecule has 21 heavy (non-hydrogen) atoms. The van der Waals surface area contributed by atoms with Gasteiger partial charge in [-0.05, 0) is 22.9 Å². The Morgan fingerprint density at radius 3 is 2.43 bits per heavy atom. The molecule has 2 rings (SSSR count). The Kier molecular flexibility index (Phi) is 4.84. The van der Waals surface area contributed by atoms with Gasteiger partial charge in [0.2, 0.25) is 0 Å². The monoisotopic (exact) mass is 285 g/mol. The van der Waals surface area contributed by atoms with Gasteiger partial charge in [-0.3, -0.25) is 0 Å². The molecule has 0 spiro atoms. The average molecular weight is 285 g/mol. The molecule has 3 heteroatoms. The van der Waals surface area contributed by atoms with E-state index in [-0.39, 0.29) is 5.41 Å². The summed E-state index contributed by atoms with van der Waals surface area (Å²) in [5.41, 5.74) is 1.51. The van der Waals surface area contributed by atoms with Gasteiger partial charge in [0.1, 0.15) is 5.82 Å². The standard InChI is InChI=1S/C18H27N3/c1-6-19-11-14-12-20-17(21(5)13-18(2,3)4)16-10-8-7-9-15(14)16/h7-10,12,19H,6,11,13H2,1-5H3. The van der Waals surface area contributed by atoms with E-state index in [1.807, 2.05) is 6.20 Å². The molecule has 1 N–H and O–H groups in total. The number of nitrogens with one attached hydrogen (secondary N) is 1. The Balaban J connectivity index is 2.42. The molecule has 0 radical (unpaired) electrons. The van der Waals surface area contributed by atoms with Crippen LogP contribution in [0.3, 0.4) is 0 Å². The lowest BCUT2D eigenvalue weighted by Gasteiger charge is -2.28. The minimum absolute atomic E-state index is 0.250. The lowest BCUT2D eigenvalue weighted by Crippen LogP contribution is -2.30. The number of fused-ring (bicyclic) bond motifs is 1. The lowest BCUT2D eigenvalue weighted by molar-refractivity contribution is 0.418. The minimum Gasteiger partial charge on any atom is -0.359 e. The van der Waals surface area contributed by atoms with Crippen LogP contribution in [0, 0.1) is 5.41 Å². The van der Waals surface area contributed by atoms with Crippen molar-refractivity contribution < 1.29 is 0 Å². The first-order valence-corrected chi connectivity index (χ1v) is 7.71. The van der Waals surface area contributed by atoms with Crippen molar-refractivity contribution in [3.8, 4) is 0 Å². The quantitative estimate of drug-likeness (QED) is 0.905. The highest BCUT2D eigenvalue weighted by Crippen LogP contribution is 2.28. The minimum atomic E-state index is 0.250. The molecule has 0 atom stereocenters. The van der Waals surface area contributed by atoms with Crippen LogP contribution in [-0.4, -0.2) is 25.1 Å². The summed E-state index contributed by atoms with van der Waals surface area (Å²) in [4.78, 5) is 6.99. The molecule has 0 bridgehead atoms. The second-order valence-electron chi connectivity index (χ2n) is 6.85. The van der Waals surface area contributed by atoms with Gasteiger partial charge in [-0.25, -0.2) is 4.98 Å². The zero-order chi connectivity index (χ0) is 15.5. The number of nitrogens with zero attached hydrogens (tertiary/aromatic N) is 2. The van der Waals surface area contributed by atoms with Crippen molar-refractivity contribution in [2.24, 2.45) is 5.41 Å². The fourth-order valence-electron chi connectivity index (χ4n) is 2.73. The Morgan fingerprint density at radius 2 is 1.81 bits per heavy atom. The summed E-state index contributed by atoms with van der Waals surface area (Å²) in [6, 6.07) is 8.56. The Hall–Kier alpha value is -1.61. The van der Waals surface area contributed by atoms with Crippen LogP contribution in [0.4, 0.5) is 5.82 Å². The first-order chi connectivity index (χ1) is 9.92. The number of pyridine rings is 1. The average Bonchev–Trinajstić information content (AvgIpc) is 2.42. The van der Waals surface area contributed by atoms with E-state index >= 15 is 0 Å². The van der Waals surface area contributed by atoms with E-state index in [0.29, 0.717) is 0 Å². The second kappa shape index (κ2) is 6.44. The van der Waals surface area contributed by atoms with Crippen LogP contribution in [-0.2, 0) is 6.54 Å². The molecule has 0 aliphatic heterocycles. The van der Waals surface area contributed by atoms with Gasteiger partial charge in [0, 0.05) is 31.7 Å². The van der Waals surface area contributed by atoms with E-state index in [4.69, 9.17) is 4.98 Å². The SMILES string of the molecule is CCNCc1cnc(N(C)CC(C)(C)C)c2ccccc12. The van der Waals surface area contributed by atoms with E-state index in [9.17, 15) is 0 Å². The van der Waals surface area contributed by atoms with Gasteiger partial charge in [0.25, 0.3) is 0 Å². The molecular weight excluding hydrogens is 258 g/mol. The number of rotatable bonds is 5. The van der Waals surface area contributed by atoms with Crippen molar-refractivity contribution in [1.29, 1.82) is 0 Å².